The number of para-hydroxylation sites is 1. The van der Waals surface area contributed by atoms with E-state index in [1.165, 1.54) is 0 Å². The summed E-state index contributed by atoms with van der Waals surface area (Å²) in [5.41, 5.74) is 4.09. The molecule has 1 fully saturated rings. The summed E-state index contributed by atoms with van der Waals surface area (Å²) in [6.45, 7) is 2.05. The van der Waals surface area contributed by atoms with Crippen LogP contribution in [0, 0.1) is 0 Å². The Morgan fingerprint density at radius 1 is 1.33 bits per heavy atom. The number of carbonyl (C=O) groups excluding carboxylic acids is 1. The second kappa shape index (κ2) is 7.99. The number of aliphatic hydroxyl groups is 1. The first kappa shape index (κ1) is 17.8. The van der Waals surface area contributed by atoms with E-state index in [2.05, 4.69) is 20.3 Å². The maximum absolute atomic E-state index is 12.8. The number of likely N-dealkylation sites (tertiary alicyclic amines) is 1. The van der Waals surface area contributed by atoms with Crippen LogP contribution in [0.25, 0.3) is 5.69 Å². The fourth-order valence-electron chi connectivity index (χ4n) is 3.38. The molecule has 0 saturated carbocycles. The van der Waals surface area contributed by atoms with Crippen LogP contribution in [0.3, 0.4) is 0 Å². The minimum Gasteiger partial charge on any atom is -0.390 e. The molecular weight excluding hydrogens is 362 g/mol. The first-order valence-corrected chi connectivity index (χ1v) is 9.82. The van der Waals surface area contributed by atoms with E-state index < -0.39 is 6.10 Å². The Morgan fingerprint density at radius 3 is 2.96 bits per heavy atom. The number of hydrogen-bond donors (Lipinski definition) is 2. The molecule has 1 amide bonds. The highest BCUT2D eigenvalue weighted by molar-refractivity contribution is 7.07. The van der Waals surface area contributed by atoms with Gasteiger partial charge in [-0.15, -0.1) is 11.3 Å². The molecule has 1 aliphatic heterocycles. The van der Waals surface area contributed by atoms with Gasteiger partial charge in [0, 0.05) is 37.4 Å². The molecule has 0 spiro atoms. The summed E-state index contributed by atoms with van der Waals surface area (Å²) in [7, 11) is 0. The van der Waals surface area contributed by atoms with Gasteiger partial charge in [-0.3, -0.25) is 9.69 Å². The van der Waals surface area contributed by atoms with Crippen LogP contribution in [0.2, 0.25) is 0 Å². The molecular formula is C19H21N5O2S. The summed E-state index contributed by atoms with van der Waals surface area (Å²) < 4.78 is 1.67. The molecule has 0 aliphatic carbocycles. The van der Waals surface area contributed by atoms with Gasteiger partial charge in [-0.25, -0.2) is 9.67 Å². The Kier molecular flexibility index (Phi) is 5.28. The maximum Gasteiger partial charge on any atom is 0.253 e. The third-order valence-corrected chi connectivity index (χ3v) is 5.39. The van der Waals surface area contributed by atoms with Gasteiger partial charge in [0.1, 0.15) is 0 Å². The molecule has 8 heteroatoms. The Balaban J connectivity index is 1.41. The fourth-order valence-corrected chi connectivity index (χ4v) is 3.93. The number of piperidine rings is 1. The predicted octanol–water partition coefficient (Wildman–Crippen LogP) is 1.69. The van der Waals surface area contributed by atoms with E-state index in [1.807, 2.05) is 35.2 Å². The monoisotopic (exact) mass is 383 g/mol. The van der Waals surface area contributed by atoms with Crippen LogP contribution in [0.15, 0.2) is 53.6 Å². The van der Waals surface area contributed by atoms with Gasteiger partial charge in [0.25, 0.3) is 5.91 Å². The third kappa shape index (κ3) is 4.08. The Morgan fingerprint density at radius 2 is 2.22 bits per heavy atom. The van der Waals surface area contributed by atoms with Gasteiger partial charge in [0.2, 0.25) is 0 Å². The number of amides is 1. The minimum absolute atomic E-state index is 0.196. The standard InChI is InChI=1S/C19H21N5O2S/c25-18-11-23(10-14-12-27-13-20-14)9-6-16(18)22-19(26)15-4-1-2-5-17(15)24-8-3-7-21-24/h1-5,7-8,12-13,16,18,25H,6,9-11H2,(H,22,26)/t16-,18-/m1/s1. The van der Waals surface area contributed by atoms with Gasteiger partial charge in [-0.05, 0) is 24.6 Å². The van der Waals surface area contributed by atoms with Crippen molar-refractivity contribution in [2.75, 3.05) is 13.1 Å². The summed E-state index contributed by atoms with van der Waals surface area (Å²) in [4.78, 5) is 19.3. The highest BCUT2D eigenvalue weighted by Crippen LogP contribution is 2.17. The molecule has 2 N–H and O–H groups in total. The number of aliphatic hydroxyl groups excluding tert-OH is 1. The summed E-state index contributed by atoms with van der Waals surface area (Å²) in [6, 6.07) is 8.88. The first-order valence-electron chi connectivity index (χ1n) is 8.88. The molecule has 3 heterocycles. The molecule has 1 saturated heterocycles. The van der Waals surface area contributed by atoms with E-state index in [0.29, 0.717) is 18.5 Å². The molecule has 4 rings (SSSR count). The number of nitrogens with zero attached hydrogens (tertiary/aromatic N) is 4. The predicted molar refractivity (Wildman–Crippen MR) is 103 cm³/mol. The number of rotatable bonds is 5. The Labute approximate surface area is 161 Å². The fraction of sp³-hybridized carbons (Fsp3) is 0.316. The molecule has 2 aromatic heterocycles. The molecule has 7 nitrogen and oxygen atoms in total. The lowest BCUT2D eigenvalue weighted by molar-refractivity contribution is 0.0346. The largest absolute Gasteiger partial charge is 0.390 e. The second-order valence-electron chi connectivity index (χ2n) is 6.62. The van der Waals surface area contributed by atoms with Crippen molar-refractivity contribution >= 4 is 17.2 Å². The van der Waals surface area contributed by atoms with Gasteiger partial charge in [0.15, 0.2) is 0 Å². The number of thiazole rings is 1. The summed E-state index contributed by atoms with van der Waals surface area (Å²) in [6.07, 6.45) is 3.56. The van der Waals surface area contributed by atoms with Crippen LogP contribution in [0.1, 0.15) is 22.5 Å². The van der Waals surface area contributed by atoms with Crippen molar-refractivity contribution in [3.05, 3.63) is 64.9 Å². The lowest BCUT2D eigenvalue weighted by atomic mass is 10.0. The van der Waals surface area contributed by atoms with E-state index in [0.717, 1.165) is 24.5 Å². The molecule has 1 aromatic carbocycles. The quantitative estimate of drug-likeness (QED) is 0.701. The second-order valence-corrected chi connectivity index (χ2v) is 7.34. The first-order chi connectivity index (χ1) is 13.2. The topological polar surface area (TPSA) is 83.3 Å². The van der Waals surface area contributed by atoms with Gasteiger partial charge < -0.3 is 10.4 Å². The van der Waals surface area contributed by atoms with Crippen molar-refractivity contribution in [3.8, 4) is 5.69 Å². The van der Waals surface area contributed by atoms with E-state index in [4.69, 9.17) is 0 Å². The number of hydrogen-bond acceptors (Lipinski definition) is 6. The molecule has 140 valence electrons. The lowest BCUT2D eigenvalue weighted by Crippen LogP contribution is -2.53. The highest BCUT2D eigenvalue weighted by atomic mass is 32.1. The number of nitrogens with one attached hydrogen (secondary N) is 1. The van der Waals surface area contributed by atoms with Crippen LogP contribution >= 0.6 is 11.3 Å². The maximum atomic E-state index is 12.8. The molecule has 0 unspecified atom stereocenters. The van der Waals surface area contributed by atoms with E-state index >= 15 is 0 Å². The normalized spacial score (nSPS) is 20.5. The van der Waals surface area contributed by atoms with E-state index in [9.17, 15) is 9.90 Å². The Hall–Kier alpha value is -2.55. The van der Waals surface area contributed by atoms with Crippen molar-refractivity contribution in [1.82, 2.24) is 25.0 Å². The number of benzene rings is 1. The third-order valence-electron chi connectivity index (χ3n) is 4.75. The zero-order valence-corrected chi connectivity index (χ0v) is 15.5. The lowest BCUT2D eigenvalue weighted by Gasteiger charge is -2.36. The average molecular weight is 383 g/mol. The van der Waals surface area contributed by atoms with Crippen molar-refractivity contribution in [2.45, 2.75) is 25.1 Å². The number of β-amino-alcohol motifs (C(OH)–C–C–N with tert-alkyl or cyclic N) is 1. The molecule has 0 bridgehead atoms. The van der Waals surface area contributed by atoms with Crippen LogP contribution in [0.4, 0.5) is 0 Å². The van der Waals surface area contributed by atoms with E-state index in [1.54, 1.807) is 34.5 Å². The van der Waals surface area contributed by atoms with Crippen LogP contribution in [-0.4, -0.2) is 55.9 Å². The molecule has 27 heavy (non-hydrogen) atoms. The zero-order valence-electron chi connectivity index (χ0n) is 14.7. The molecule has 3 aromatic rings. The highest BCUT2D eigenvalue weighted by Gasteiger charge is 2.29. The SMILES string of the molecule is O=C(N[C@@H]1CCN(Cc2cscn2)C[C@H]1O)c1ccccc1-n1cccn1. The van der Waals surface area contributed by atoms with Crippen LogP contribution in [-0.2, 0) is 6.54 Å². The molecule has 0 radical (unpaired) electrons. The number of aromatic nitrogens is 3. The molecule has 2 atom stereocenters. The van der Waals surface area contributed by atoms with Gasteiger partial charge in [0.05, 0.1) is 34.6 Å². The van der Waals surface area contributed by atoms with E-state index in [-0.39, 0.29) is 11.9 Å². The summed E-state index contributed by atoms with van der Waals surface area (Å²) >= 11 is 1.57. The van der Waals surface area contributed by atoms with Crippen molar-refractivity contribution < 1.29 is 9.90 Å². The summed E-state index contributed by atoms with van der Waals surface area (Å²) in [5.74, 6) is -0.196. The Bertz CT molecular complexity index is 881. The van der Waals surface area contributed by atoms with Crippen molar-refractivity contribution in [3.63, 3.8) is 0 Å². The van der Waals surface area contributed by atoms with Crippen molar-refractivity contribution in [1.29, 1.82) is 0 Å². The smallest absolute Gasteiger partial charge is 0.253 e. The minimum atomic E-state index is -0.613. The van der Waals surface area contributed by atoms with Crippen LogP contribution < -0.4 is 5.32 Å². The van der Waals surface area contributed by atoms with Crippen LogP contribution in [0.5, 0.6) is 0 Å². The van der Waals surface area contributed by atoms with Gasteiger partial charge in [-0.1, -0.05) is 12.1 Å². The van der Waals surface area contributed by atoms with Gasteiger partial charge >= 0.3 is 0 Å². The van der Waals surface area contributed by atoms with Gasteiger partial charge in [-0.2, -0.15) is 5.10 Å². The average Bonchev–Trinajstić information content (AvgIpc) is 3.38. The number of carbonyl (C=O) groups is 1. The summed E-state index contributed by atoms with van der Waals surface area (Å²) in [5, 5.41) is 19.8. The zero-order chi connectivity index (χ0) is 18.6. The van der Waals surface area contributed by atoms with Crippen molar-refractivity contribution in [2.24, 2.45) is 0 Å². The molecule has 1 aliphatic rings.